The van der Waals surface area contributed by atoms with Gasteiger partial charge in [-0.15, -0.1) is 0 Å². The molecular weight excluding hydrogens is 292 g/mol. The van der Waals surface area contributed by atoms with Crippen molar-refractivity contribution in [2.24, 2.45) is 0 Å². The fourth-order valence-corrected chi connectivity index (χ4v) is 3.38. The molecule has 0 radical (unpaired) electrons. The Balaban J connectivity index is 1.95. The number of esters is 1. The molecule has 0 aliphatic carbocycles. The lowest BCUT2D eigenvalue weighted by Crippen LogP contribution is -2.18. The van der Waals surface area contributed by atoms with E-state index >= 15 is 0 Å². The largest absolute Gasteiger partial charge is 0.469 e. The number of anilines is 2. The van der Waals surface area contributed by atoms with Crippen molar-refractivity contribution in [1.82, 2.24) is 0 Å². The Hall–Kier alpha value is -1.76. The molecule has 1 heterocycles. The van der Waals surface area contributed by atoms with Crippen molar-refractivity contribution in [3.63, 3.8) is 0 Å². The molecule has 116 valence electrons. The summed E-state index contributed by atoms with van der Waals surface area (Å²) in [7, 11) is -2.16. The van der Waals surface area contributed by atoms with Gasteiger partial charge in [0.1, 0.15) is 0 Å². The first kappa shape index (κ1) is 15.6. The van der Waals surface area contributed by atoms with Crippen LogP contribution in [0.5, 0.6) is 0 Å². The Kier molecular flexibility index (Phi) is 5.06. The number of hydrogen-bond donors (Lipinski definition) is 2. The van der Waals surface area contributed by atoms with E-state index in [1.54, 1.807) is 6.07 Å². The van der Waals surface area contributed by atoms with Crippen molar-refractivity contribution in [3.05, 3.63) is 23.8 Å². The summed E-state index contributed by atoms with van der Waals surface area (Å²) in [4.78, 5) is 11.0. The number of carbonyl (C=O) groups is 1. The average Bonchev–Trinajstić information content (AvgIpc) is 2.46. The zero-order chi connectivity index (χ0) is 15.3. The molecule has 0 unspecified atom stereocenters. The van der Waals surface area contributed by atoms with Crippen LogP contribution in [-0.4, -0.2) is 33.8 Å². The number of methoxy groups -OCH3 is 1. The van der Waals surface area contributed by atoms with Crippen LogP contribution in [-0.2, 0) is 26.0 Å². The van der Waals surface area contributed by atoms with Crippen molar-refractivity contribution in [1.29, 1.82) is 0 Å². The molecule has 2 rings (SSSR count). The van der Waals surface area contributed by atoms with Gasteiger partial charge in [-0.3, -0.25) is 9.52 Å². The summed E-state index contributed by atoms with van der Waals surface area (Å²) in [5.74, 6) is -0.504. The van der Waals surface area contributed by atoms with Crippen LogP contribution in [0.2, 0.25) is 0 Å². The Morgan fingerprint density at radius 2 is 2.24 bits per heavy atom. The van der Waals surface area contributed by atoms with Gasteiger partial charge < -0.3 is 10.1 Å². The molecule has 0 amide bonds. The number of rotatable bonds is 6. The lowest BCUT2D eigenvalue weighted by atomic mass is 10.0. The molecule has 21 heavy (non-hydrogen) atoms. The highest BCUT2D eigenvalue weighted by molar-refractivity contribution is 7.92. The summed E-state index contributed by atoms with van der Waals surface area (Å²) in [5.41, 5.74) is 2.73. The molecule has 0 saturated heterocycles. The number of ether oxygens (including phenoxy) is 1. The van der Waals surface area contributed by atoms with E-state index < -0.39 is 16.0 Å². The summed E-state index contributed by atoms with van der Waals surface area (Å²) in [6, 6.07) is 5.52. The number of benzene rings is 1. The summed E-state index contributed by atoms with van der Waals surface area (Å²) in [6.07, 6.45) is 2.44. The fraction of sp³-hybridized carbons (Fsp3) is 0.500. The Labute approximate surface area is 124 Å². The van der Waals surface area contributed by atoms with Gasteiger partial charge in [-0.25, -0.2) is 8.42 Å². The molecule has 6 nitrogen and oxygen atoms in total. The van der Waals surface area contributed by atoms with Crippen LogP contribution >= 0.6 is 0 Å². The first-order valence-electron chi connectivity index (χ1n) is 6.94. The zero-order valence-electron chi connectivity index (χ0n) is 12.0. The minimum Gasteiger partial charge on any atom is -0.469 e. The lowest BCUT2D eigenvalue weighted by Gasteiger charge is -2.19. The second-order valence-corrected chi connectivity index (χ2v) is 6.84. The molecule has 0 atom stereocenters. The molecular formula is C14H20N2O4S. The Morgan fingerprint density at radius 1 is 1.43 bits per heavy atom. The summed E-state index contributed by atoms with van der Waals surface area (Å²) in [5, 5.41) is 3.26. The highest BCUT2D eigenvalue weighted by atomic mass is 32.2. The van der Waals surface area contributed by atoms with Crippen molar-refractivity contribution < 1.29 is 17.9 Å². The lowest BCUT2D eigenvalue weighted by molar-refractivity contribution is -0.140. The average molecular weight is 312 g/mol. The topological polar surface area (TPSA) is 84.5 Å². The smallest absolute Gasteiger partial charge is 0.305 e. The molecule has 1 aromatic rings. The van der Waals surface area contributed by atoms with Crippen LogP contribution in [0.3, 0.4) is 0 Å². The third-order valence-electron chi connectivity index (χ3n) is 3.34. The maximum Gasteiger partial charge on any atom is 0.305 e. The van der Waals surface area contributed by atoms with E-state index in [1.165, 1.54) is 12.7 Å². The maximum absolute atomic E-state index is 12.0. The molecule has 1 aliphatic rings. The SMILES string of the molecule is COC(=O)CCCS(=O)(=O)Nc1ccc2c(c1)NCCC2. The molecule has 7 heteroatoms. The number of sulfonamides is 1. The highest BCUT2D eigenvalue weighted by Gasteiger charge is 2.14. The van der Waals surface area contributed by atoms with E-state index in [0.717, 1.165) is 25.1 Å². The minimum atomic E-state index is -3.45. The van der Waals surface area contributed by atoms with E-state index in [1.807, 2.05) is 12.1 Å². The van der Waals surface area contributed by atoms with E-state index in [9.17, 15) is 13.2 Å². The van der Waals surface area contributed by atoms with Crippen LogP contribution in [0.25, 0.3) is 0 Å². The van der Waals surface area contributed by atoms with Gasteiger partial charge >= 0.3 is 5.97 Å². The third kappa shape index (κ3) is 4.63. The Bertz CT molecular complexity index is 613. The van der Waals surface area contributed by atoms with Gasteiger partial charge in [-0.1, -0.05) is 6.07 Å². The first-order chi connectivity index (χ1) is 10.00. The molecule has 0 bridgehead atoms. The normalized spacial score (nSPS) is 14.0. The van der Waals surface area contributed by atoms with Gasteiger partial charge in [0.25, 0.3) is 0 Å². The summed E-state index contributed by atoms with van der Waals surface area (Å²) >= 11 is 0. The number of nitrogens with one attached hydrogen (secondary N) is 2. The highest BCUT2D eigenvalue weighted by Crippen LogP contribution is 2.25. The van der Waals surface area contributed by atoms with Crippen LogP contribution in [0.1, 0.15) is 24.8 Å². The van der Waals surface area contributed by atoms with Gasteiger partial charge in [0.05, 0.1) is 18.6 Å². The Morgan fingerprint density at radius 3 is 3.00 bits per heavy atom. The van der Waals surface area contributed by atoms with Gasteiger partial charge in [0.2, 0.25) is 10.0 Å². The maximum atomic E-state index is 12.0. The second-order valence-electron chi connectivity index (χ2n) is 5.00. The minimum absolute atomic E-state index is 0.100. The molecule has 0 saturated carbocycles. The predicted molar refractivity (Wildman–Crippen MR) is 81.9 cm³/mol. The van der Waals surface area contributed by atoms with Crippen LogP contribution in [0, 0.1) is 0 Å². The second kappa shape index (κ2) is 6.80. The monoisotopic (exact) mass is 312 g/mol. The van der Waals surface area contributed by atoms with E-state index in [0.29, 0.717) is 5.69 Å². The van der Waals surface area contributed by atoms with Gasteiger partial charge in [0.15, 0.2) is 0 Å². The number of carbonyl (C=O) groups excluding carboxylic acids is 1. The van der Waals surface area contributed by atoms with Crippen molar-refractivity contribution in [2.75, 3.05) is 29.4 Å². The molecule has 0 fully saturated rings. The van der Waals surface area contributed by atoms with E-state index in [-0.39, 0.29) is 18.6 Å². The predicted octanol–water partition coefficient (Wildman–Crippen LogP) is 1.74. The molecule has 2 N–H and O–H groups in total. The van der Waals surface area contributed by atoms with Crippen LogP contribution < -0.4 is 10.0 Å². The van der Waals surface area contributed by atoms with Crippen molar-refractivity contribution >= 4 is 27.4 Å². The number of hydrogen-bond acceptors (Lipinski definition) is 5. The van der Waals surface area contributed by atoms with Crippen molar-refractivity contribution in [3.8, 4) is 0 Å². The summed E-state index contributed by atoms with van der Waals surface area (Å²) in [6.45, 7) is 0.905. The standard InChI is InChI=1S/C14H20N2O4S/c1-20-14(17)5-3-9-21(18,19)16-12-7-6-11-4-2-8-15-13(11)10-12/h6-7,10,15-16H,2-5,8-9H2,1H3. The quantitative estimate of drug-likeness (QED) is 0.782. The van der Waals surface area contributed by atoms with E-state index in [4.69, 9.17) is 0 Å². The number of aryl methyl sites for hydroxylation is 1. The fourth-order valence-electron chi connectivity index (χ4n) is 2.26. The number of fused-ring (bicyclic) bond motifs is 1. The van der Waals surface area contributed by atoms with Crippen LogP contribution in [0.15, 0.2) is 18.2 Å². The summed E-state index contributed by atoms with van der Waals surface area (Å²) < 4.78 is 30.9. The van der Waals surface area contributed by atoms with Crippen LogP contribution in [0.4, 0.5) is 11.4 Å². The molecule has 0 spiro atoms. The molecule has 1 aliphatic heterocycles. The third-order valence-corrected chi connectivity index (χ3v) is 4.72. The molecule has 0 aromatic heterocycles. The zero-order valence-corrected chi connectivity index (χ0v) is 12.8. The van der Waals surface area contributed by atoms with Gasteiger partial charge in [-0.05, 0) is 37.0 Å². The first-order valence-corrected chi connectivity index (χ1v) is 8.59. The van der Waals surface area contributed by atoms with Gasteiger partial charge in [0, 0.05) is 18.7 Å². The van der Waals surface area contributed by atoms with Gasteiger partial charge in [-0.2, -0.15) is 0 Å². The van der Waals surface area contributed by atoms with E-state index in [2.05, 4.69) is 14.8 Å². The van der Waals surface area contributed by atoms with Crippen molar-refractivity contribution in [2.45, 2.75) is 25.7 Å². The molecule has 1 aromatic carbocycles.